The molecule has 0 aliphatic carbocycles. The van der Waals surface area contributed by atoms with E-state index in [1.807, 2.05) is 20.8 Å². The second-order valence-corrected chi connectivity index (χ2v) is 10.3. The zero-order valence-corrected chi connectivity index (χ0v) is 21.3. The Hall–Kier alpha value is -3.03. The average Bonchev–Trinajstić information content (AvgIpc) is 3.15. The molecule has 2 heterocycles. The van der Waals surface area contributed by atoms with Crippen molar-refractivity contribution in [3.8, 4) is 11.6 Å². The molecule has 1 aliphatic heterocycles. The lowest BCUT2D eigenvalue weighted by Gasteiger charge is -2.26. The number of carbonyl (C=O) groups is 1. The van der Waals surface area contributed by atoms with E-state index in [-0.39, 0.29) is 39.9 Å². The van der Waals surface area contributed by atoms with E-state index in [0.29, 0.717) is 38.3 Å². The first-order chi connectivity index (χ1) is 16.5. The van der Waals surface area contributed by atoms with Crippen molar-refractivity contribution in [3.63, 3.8) is 0 Å². The van der Waals surface area contributed by atoms with Gasteiger partial charge in [0.2, 0.25) is 15.9 Å². The van der Waals surface area contributed by atoms with Gasteiger partial charge in [-0.05, 0) is 40.2 Å². The van der Waals surface area contributed by atoms with Gasteiger partial charge < -0.3 is 14.4 Å². The maximum absolute atomic E-state index is 13.1. The minimum absolute atomic E-state index is 0.110. The Labute approximate surface area is 204 Å². The van der Waals surface area contributed by atoms with Crippen molar-refractivity contribution in [2.75, 3.05) is 26.3 Å². The van der Waals surface area contributed by atoms with Gasteiger partial charge in [0.05, 0.1) is 24.2 Å². The van der Waals surface area contributed by atoms with Crippen molar-refractivity contribution in [2.45, 2.75) is 58.0 Å². The molecule has 35 heavy (non-hydrogen) atoms. The Balaban J connectivity index is 2.08. The number of carbonyl (C=O) groups excluding carboxylic acids is 1. The molecule has 0 saturated carbocycles. The number of rotatable bonds is 9. The fourth-order valence-electron chi connectivity index (χ4n) is 3.51. The Morgan fingerprint density at radius 2 is 1.94 bits per heavy atom. The van der Waals surface area contributed by atoms with Gasteiger partial charge in [0.15, 0.2) is 5.69 Å². The largest absolute Gasteiger partial charge is 0.438 e. The summed E-state index contributed by atoms with van der Waals surface area (Å²) in [7, 11) is -4.15. The van der Waals surface area contributed by atoms with Crippen LogP contribution in [0.25, 0.3) is 0 Å². The van der Waals surface area contributed by atoms with Crippen LogP contribution in [0.15, 0.2) is 23.1 Å². The van der Waals surface area contributed by atoms with Gasteiger partial charge in [-0.3, -0.25) is 14.9 Å². The SMILES string of the molecule is CC[C@@H](C)NS(=O)(=O)c1cc([N+](=O)[O-])ccc1Oc1c(C)c(C(=O)N2CCOCC2)nn1C(C)C. The highest BCUT2D eigenvalue weighted by atomic mass is 32.2. The summed E-state index contributed by atoms with van der Waals surface area (Å²) in [6.45, 7) is 10.6. The van der Waals surface area contributed by atoms with E-state index in [1.165, 1.54) is 16.8 Å². The molecule has 3 rings (SSSR count). The summed E-state index contributed by atoms with van der Waals surface area (Å²) in [6, 6.07) is 2.76. The summed E-state index contributed by atoms with van der Waals surface area (Å²) in [6.07, 6.45) is 0.524. The number of nitrogens with zero attached hydrogens (tertiary/aromatic N) is 4. The van der Waals surface area contributed by atoms with Crippen LogP contribution >= 0.6 is 0 Å². The zero-order chi connectivity index (χ0) is 25.9. The summed E-state index contributed by atoms with van der Waals surface area (Å²) in [5.74, 6) is -0.197. The molecule has 1 aromatic heterocycles. The van der Waals surface area contributed by atoms with E-state index in [0.717, 1.165) is 6.07 Å². The number of nitro groups is 1. The number of sulfonamides is 1. The van der Waals surface area contributed by atoms with Crippen molar-refractivity contribution in [1.29, 1.82) is 0 Å². The van der Waals surface area contributed by atoms with Gasteiger partial charge in [-0.2, -0.15) is 5.10 Å². The molecule has 0 bridgehead atoms. The maximum atomic E-state index is 13.1. The van der Waals surface area contributed by atoms with Crippen LogP contribution in [0, 0.1) is 17.0 Å². The monoisotopic (exact) mass is 509 g/mol. The van der Waals surface area contributed by atoms with Gasteiger partial charge in [0, 0.05) is 36.8 Å². The van der Waals surface area contributed by atoms with Crippen molar-refractivity contribution in [1.82, 2.24) is 19.4 Å². The first-order valence-corrected chi connectivity index (χ1v) is 12.9. The molecule has 0 unspecified atom stereocenters. The number of benzene rings is 1. The molecule has 1 fully saturated rings. The quantitative estimate of drug-likeness (QED) is 0.401. The highest BCUT2D eigenvalue weighted by Gasteiger charge is 2.30. The molecule has 2 aromatic rings. The number of nitro benzene ring substituents is 1. The lowest BCUT2D eigenvalue weighted by atomic mass is 10.2. The number of aromatic nitrogens is 2. The van der Waals surface area contributed by atoms with E-state index in [1.54, 1.807) is 18.7 Å². The number of non-ortho nitro benzene ring substituents is 1. The number of nitrogens with one attached hydrogen (secondary N) is 1. The van der Waals surface area contributed by atoms with Crippen LogP contribution in [-0.4, -0.2) is 66.3 Å². The maximum Gasteiger partial charge on any atom is 0.274 e. The normalized spacial score (nSPS) is 15.3. The molecule has 0 spiro atoms. The molecule has 1 aliphatic rings. The fourth-order valence-corrected chi connectivity index (χ4v) is 4.99. The van der Waals surface area contributed by atoms with Crippen molar-refractivity contribution in [3.05, 3.63) is 39.6 Å². The van der Waals surface area contributed by atoms with Crippen molar-refractivity contribution >= 4 is 21.6 Å². The summed E-state index contributed by atoms with van der Waals surface area (Å²) in [5, 5.41) is 15.8. The van der Waals surface area contributed by atoms with Crippen LogP contribution < -0.4 is 9.46 Å². The highest BCUT2D eigenvalue weighted by Crippen LogP contribution is 2.36. The Bertz CT molecular complexity index is 1200. The number of ether oxygens (including phenoxy) is 2. The Morgan fingerprint density at radius 1 is 1.29 bits per heavy atom. The van der Waals surface area contributed by atoms with Gasteiger partial charge in [-0.1, -0.05) is 6.92 Å². The Morgan fingerprint density at radius 3 is 2.51 bits per heavy atom. The number of hydrogen-bond donors (Lipinski definition) is 1. The van der Waals surface area contributed by atoms with Crippen LogP contribution in [0.1, 0.15) is 56.2 Å². The van der Waals surface area contributed by atoms with Gasteiger partial charge in [-0.15, -0.1) is 0 Å². The number of morpholine rings is 1. The highest BCUT2D eigenvalue weighted by molar-refractivity contribution is 7.89. The van der Waals surface area contributed by atoms with E-state index in [9.17, 15) is 23.3 Å². The van der Waals surface area contributed by atoms with Crippen LogP contribution in [0.4, 0.5) is 5.69 Å². The molecule has 1 saturated heterocycles. The third kappa shape index (κ3) is 5.80. The second kappa shape index (κ2) is 10.7. The van der Waals surface area contributed by atoms with Gasteiger partial charge in [0.25, 0.3) is 11.6 Å². The zero-order valence-electron chi connectivity index (χ0n) is 20.5. The van der Waals surface area contributed by atoms with Crippen LogP contribution in [0.2, 0.25) is 0 Å². The first-order valence-electron chi connectivity index (χ1n) is 11.4. The van der Waals surface area contributed by atoms with E-state index in [4.69, 9.17) is 9.47 Å². The third-order valence-electron chi connectivity index (χ3n) is 5.68. The minimum atomic E-state index is -4.15. The van der Waals surface area contributed by atoms with E-state index in [2.05, 4.69) is 9.82 Å². The minimum Gasteiger partial charge on any atom is -0.438 e. The standard InChI is InChI=1S/C22H31N5O7S/c1-6-15(4)24-35(31,32)19-13-17(27(29)30)7-8-18(19)34-22-16(5)20(23-26(22)14(2)3)21(28)25-9-11-33-12-10-25/h7-8,13-15,24H,6,9-12H2,1-5H3/t15-/m1/s1. The van der Waals surface area contributed by atoms with Crippen molar-refractivity contribution in [2.24, 2.45) is 0 Å². The molecular formula is C22H31N5O7S. The molecule has 192 valence electrons. The van der Waals surface area contributed by atoms with Crippen LogP contribution in [-0.2, 0) is 14.8 Å². The molecule has 0 radical (unpaired) electrons. The van der Waals surface area contributed by atoms with Gasteiger partial charge in [-0.25, -0.2) is 17.8 Å². The summed E-state index contributed by atoms with van der Waals surface area (Å²) < 4.78 is 41.6. The van der Waals surface area contributed by atoms with Gasteiger partial charge >= 0.3 is 0 Å². The number of amides is 1. The van der Waals surface area contributed by atoms with Crippen LogP contribution in [0.5, 0.6) is 11.6 Å². The predicted octanol–water partition coefficient (Wildman–Crippen LogP) is 3.02. The summed E-state index contributed by atoms with van der Waals surface area (Å²) in [5.41, 5.74) is 0.241. The topological polar surface area (TPSA) is 146 Å². The lowest BCUT2D eigenvalue weighted by molar-refractivity contribution is -0.385. The molecular weight excluding hydrogens is 478 g/mol. The summed E-state index contributed by atoms with van der Waals surface area (Å²) in [4.78, 5) is 25.1. The molecule has 1 N–H and O–H groups in total. The van der Waals surface area contributed by atoms with Crippen molar-refractivity contribution < 1.29 is 27.6 Å². The smallest absolute Gasteiger partial charge is 0.274 e. The molecule has 12 nitrogen and oxygen atoms in total. The van der Waals surface area contributed by atoms with E-state index < -0.39 is 21.0 Å². The third-order valence-corrected chi connectivity index (χ3v) is 7.30. The number of hydrogen-bond acceptors (Lipinski definition) is 8. The van der Waals surface area contributed by atoms with E-state index >= 15 is 0 Å². The fraction of sp³-hybridized carbons (Fsp3) is 0.545. The predicted molar refractivity (Wildman–Crippen MR) is 127 cm³/mol. The van der Waals surface area contributed by atoms with Gasteiger partial charge in [0.1, 0.15) is 10.6 Å². The molecule has 1 atom stereocenters. The first kappa shape index (κ1) is 26.6. The molecule has 13 heteroatoms. The molecule has 1 aromatic carbocycles. The van der Waals surface area contributed by atoms with Crippen LogP contribution in [0.3, 0.4) is 0 Å². The summed E-state index contributed by atoms with van der Waals surface area (Å²) >= 11 is 0. The molecule has 1 amide bonds. The Kier molecular flexibility index (Phi) is 8.13. The second-order valence-electron chi connectivity index (χ2n) is 8.64. The lowest BCUT2D eigenvalue weighted by Crippen LogP contribution is -2.41. The average molecular weight is 510 g/mol.